The third-order valence-electron chi connectivity index (χ3n) is 14.3. The number of hydrogen-bond donors (Lipinski definition) is 0. The number of hydrogen-bond acceptors (Lipinski definition) is 1. The Kier molecular flexibility index (Phi) is 9.81. The minimum atomic E-state index is -0.474. The summed E-state index contributed by atoms with van der Waals surface area (Å²) in [4.78, 5) is 2.53. The second kappa shape index (κ2) is 15.8. The molecule has 4 aliphatic carbocycles. The second-order valence-electron chi connectivity index (χ2n) is 18.2. The lowest BCUT2D eigenvalue weighted by Gasteiger charge is -2.36. The standard InChI is InChI=1S/C63H53N/c1-5-50(51-32-20-19-23-43(51)2)45-35-37-54-56-41-55(44-24-11-8-12-25-44)61(42-59(56)62(3,4)58(54)39-45)64(48-30-17-10-18-31-48)49-36-38-53-52-33-21-22-34-57(52)63(60(53)40-49,47-28-15-9-16-29-47)46-26-13-6-7-14-27-46/h5-6,8-20,23-42H,7,21-22H2,1-4H3/b50-5-. The van der Waals surface area contributed by atoms with Crippen LogP contribution in [0.2, 0.25) is 0 Å². The first-order chi connectivity index (χ1) is 31.4. The highest BCUT2D eigenvalue weighted by Gasteiger charge is 2.49. The van der Waals surface area contributed by atoms with Crippen LogP contribution < -0.4 is 4.90 Å². The van der Waals surface area contributed by atoms with E-state index in [4.69, 9.17) is 0 Å². The monoisotopic (exact) mass is 823 g/mol. The van der Waals surface area contributed by atoms with Crippen LogP contribution in [-0.4, -0.2) is 0 Å². The van der Waals surface area contributed by atoms with Gasteiger partial charge in [0.2, 0.25) is 0 Å². The largest absolute Gasteiger partial charge is 0.310 e. The maximum Gasteiger partial charge on any atom is 0.0711 e. The van der Waals surface area contributed by atoms with E-state index in [1.165, 1.54) is 94.7 Å². The topological polar surface area (TPSA) is 3.24 Å². The van der Waals surface area contributed by atoms with Crippen LogP contribution in [0.1, 0.15) is 84.5 Å². The molecule has 0 bridgehead atoms. The average Bonchev–Trinajstić information content (AvgIpc) is 3.55. The van der Waals surface area contributed by atoms with Crippen molar-refractivity contribution in [3.8, 4) is 22.3 Å². The number of anilines is 3. The van der Waals surface area contributed by atoms with Crippen molar-refractivity contribution in [3.05, 3.63) is 268 Å². The molecule has 1 heteroatoms. The minimum absolute atomic E-state index is 0.252. The molecule has 7 aromatic carbocycles. The SMILES string of the molecule is C/C=C(/c1ccc2c(c1)C(C)(C)c1cc(N(c3ccccc3)c3ccc4c(c3)C(C3=CC=CCC=C3)(c3ccccc3)C3=CCCC=C34)c(-c3ccccc3)cc1-2)c1ccccc1C. The van der Waals surface area contributed by atoms with Crippen molar-refractivity contribution in [2.45, 2.75) is 57.8 Å². The molecule has 7 aromatic rings. The predicted octanol–water partition coefficient (Wildman–Crippen LogP) is 16.7. The molecule has 64 heavy (non-hydrogen) atoms. The van der Waals surface area contributed by atoms with Crippen LogP contribution in [0, 0.1) is 6.92 Å². The molecule has 0 aromatic heterocycles. The predicted molar refractivity (Wildman–Crippen MR) is 272 cm³/mol. The summed E-state index contributed by atoms with van der Waals surface area (Å²) in [6.07, 6.45) is 21.9. The number of nitrogens with zero attached hydrogens (tertiary/aromatic N) is 1. The van der Waals surface area contributed by atoms with E-state index in [1.54, 1.807) is 0 Å². The van der Waals surface area contributed by atoms with E-state index >= 15 is 0 Å². The number of allylic oxidation sites excluding steroid dienone is 11. The van der Waals surface area contributed by atoms with Crippen molar-refractivity contribution >= 4 is 28.2 Å². The number of para-hydroxylation sites is 1. The normalized spacial score (nSPS) is 17.9. The number of aryl methyl sites for hydroxylation is 1. The van der Waals surface area contributed by atoms with E-state index in [2.05, 4.69) is 245 Å². The Hall–Kier alpha value is -7.22. The second-order valence-corrected chi connectivity index (χ2v) is 18.2. The Morgan fingerprint density at radius 2 is 1.30 bits per heavy atom. The Balaban J connectivity index is 1.15. The molecule has 0 fully saturated rings. The highest BCUT2D eigenvalue weighted by Crippen LogP contribution is 2.61. The molecule has 0 aliphatic heterocycles. The zero-order valence-corrected chi connectivity index (χ0v) is 37.3. The number of fused-ring (bicyclic) bond motifs is 6. The quantitative estimate of drug-likeness (QED) is 0.148. The molecular formula is C63H53N. The highest BCUT2D eigenvalue weighted by atomic mass is 15.1. The third-order valence-corrected chi connectivity index (χ3v) is 14.3. The van der Waals surface area contributed by atoms with E-state index in [9.17, 15) is 0 Å². The fourth-order valence-electron chi connectivity index (χ4n) is 11.3. The molecule has 1 nitrogen and oxygen atoms in total. The Bertz CT molecular complexity index is 3150. The van der Waals surface area contributed by atoms with Gasteiger partial charge >= 0.3 is 0 Å². The lowest BCUT2D eigenvalue weighted by Crippen LogP contribution is -2.29. The fraction of sp³-hybridized carbons (Fsp3) is 0.143. The van der Waals surface area contributed by atoms with Gasteiger partial charge in [-0.15, -0.1) is 0 Å². The summed E-state index contributed by atoms with van der Waals surface area (Å²) in [6.45, 7) is 9.21. The number of rotatable bonds is 8. The van der Waals surface area contributed by atoms with E-state index in [1.807, 2.05) is 0 Å². The van der Waals surface area contributed by atoms with E-state index in [-0.39, 0.29) is 5.41 Å². The molecule has 0 saturated heterocycles. The zero-order chi connectivity index (χ0) is 43.4. The van der Waals surface area contributed by atoms with Crippen LogP contribution >= 0.6 is 0 Å². The van der Waals surface area contributed by atoms with Crippen molar-refractivity contribution in [2.75, 3.05) is 4.90 Å². The van der Waals surface area contributed by atoms with Gasteiger partial charge in [0.1, 0.15) is 0 Å². The molecule has 310 valence electrons. The van der Waals surface area contributed by atoms with Crippen LogP contribution in [0.15, 0.2) is 224 Å². The van der Waals surface area contributed by atoms with Gasteiger partial charge in [0.25, 0.3) is 0 Å². The molecule has 0 N–H and O–H groups in total. The zero-order valence-electron chi connectivity index (χ0n) is 37.3. The van der Waals surface area contributed by atoms with Crippen LogP contribution in [0.3, 0.4) is 0 Å². The average molecular weight is 824 g/mol. The molecular weight excluding hydrogens is 771 g/mol. The smallest absolute Gasteiger partial charge is 0.0711 e. The maximum atomic E-state index is 2.53. The molecule has 1 atom stereocenters. The first-order valence-electron chi connectivity index (χ1n) is 23.0. The van der Waals surface area contributed by atoms with Crippen LogP contribution in [0.5, 0.6) is 0 Å². The Morgan fingerprint density at radius 3 is 2.08 bits per heavy atom. The molecule has 11 rings (SSSR count). The molecule has 0 heterocycles. The summed E-state index contributed by atoms with van der Waals surface area (Å²) in [6, 6.07) is 61.5. The first-order valence-corrected chi connectivity index (χ1v) is 23.0. The molecule has 1 unspecified atom stereocenters. The lowest BCUT2D eigenvalue weighted by atomic mass is 9.66. The van der Waals surface area contributed by atoms with Crippen molar-refractivity contribution in [1.29, 1.82) is 0 Å². The van der Waals surface area contributed by atoms with Gasteiger partial charge in [-0.25, -0.2) is 0 Å². The first kappa shape index (κ1) is 39.6. The van der Waals surface area contributed by atoms with Gasteiger partial charge in [-0.05, 0) is 159 Å². The maximum absolute atomic E-state index is 2.53. The molecule has 4 aliphatic rings. The van der Waals surface area contributed by atoms with E-state index in [0.717, 1.165) is 30.6 Å². The van der Waals surface area contributed by atoms with Gasteiger partial charge in [0.15, 0.2) is 0 Å². The minimum Gasteiger partial charge on any atom is -0.310 e. The lowest BCUT2D eigenvalue weighted by molar-refractivity contribution is 0.660. The van der Waals surface area contributed by atoms with Gasteiger partial charge in [-0.2, -0.15) is 0 Å². The number of benzene rings is 7. The van der Waals surface area contributed by atoms with Gasteiger partial charge in [0, 0.05) is 22.4 Å². The van der Waals surface area contributed by atoms with Gasteiger partial charge < -0.3 is 4.90 Å². The van der Waals surface area contributed by atoms with E-state index < -0.39 is 5.41 Å². The van der Waals surface area contributed by atoms with Gasteiger partial charge in [0.05, 0.1) is 11.1 Å². The summed E-state index contributed by atoms with van der Waals surface area (Å²) in [7, 11) is 0. The van der Waals surface area contributed by atoms with E-state index in [0.29, 0.717) is 0 Å². The fourth-order valence-corrected chi connectivity index (χ4v) is 11.3. The summed E-state index contributed by atoms with van der Waals surface area (Å²) in [5.74, 6) is 0. The summed E-state index contributed by atoms with van der Waals surface area (Å²) in [5, 5.41) is 0. The van der Waals surface area contributed by atoms with Crippen molar-refractivity contribution in [3.63, 3.8) is 0 Å². The van der Waals surface area contributed by atoms with Crippen molar-refractivity contribution < 1.29 is 0 Å². The van der Waals surface area contributed by atoms with Crippen LogP contribution in [0.4, 0.5) is 17.1 Å². The van der Waals surface area contributed by atoms with Gasteiger partial charge in [-0.3, -0.25) is 0 Å². The molecule has 0 saturated carbocycles. The Labute approximate surface area is 379 Å². The van der Waals surface area contributed by atoms with Crippen LogP contribution in [0.25, 0.3) is 33.4 Å². The summed E-state index contributed by atoms with van der Waals surface area (Å²) < 4.78 is 0. The van der Waals surface area contributed by atoms with Crippen molar-refractivity contribution in [2.24, 2.45) is 0 Å². The summed E-state index contributed by atoms with van der Waals surface area (Å²) in [5.41, 5.74) is 23.6. The molecule has 0 amide bonds. The highest BCUT2D eigenvalue weighted by molar-refractivity contribution is 5.99. The third kappa shape index (κ3) is 6.21. The van der Waals surface area contributed by atoms with Gasteiger partial charge in [-0.1, -0.05) is 184 Å². The van der Waals surface area contributed by atoms with Crippen molar-refractivity contribution in [1.82, 2.24) is 0 Å². The molecule has 0 radical (unpaired) electrons. The van der Waals surface area contributed by atoms with Crippen LogP contribution in [-0.2, 0) is 10.8 Å². The molecule has 0 spiro atoms. The Morgan fingerprint density at radius 1 is 0.594 bits per heavy atom. The summed E-state index contributed by atoms with van der Waals surface area (Å²) >= 11 is 0.